The van der Waals surface area contributed by atoms with Crippen LogP contribution >= 0.6 is 11.3 Å². The second kappa shape index (κ2) is 9.41. The van der Waals surface area contributed by atoms with E-state index in [1.165, 1.54) is 12.0 Å². The van der Waals surface area contributed by atoms with E-state index < -0.39 is 11.8 Å². The molecule has 2 aromatic rings. The van der Waals surface area contributed by atoms with E-state index in [2.05, 4.69) is 19.6 Å². The fourth-order valence-corrected chi connectivity index (χ4v) is 6.61. The Morgan fingerprint density at radius 2 is 1.94 bits per heavy atom. The summed E-state index contributed by atoms with van der Waals surface area (Å²) < 4.78 is 16.5. The summed E-state index contributed by atoms with van der Waals surface area (Å²) in [6.07, 6.45) is 7.85. The van der Waals surface area contributed by atoms with Gasteiger partial charge in [-0.1, -0.05) is 0 Å². The van der Waals surface area contributed by atoms with Gasteiger partial charge in [-0.3, -0.25) is 9.69 Å². The van der Waals surface area contributed by atoms with E-state index in [9.17, 15) is 9.59 Å². The van der Waals surface area contributed by atoms with Gasteiger partial charge in [0, 0.05) is 30.4 Å². The molecule has 1 atom stereocenters. The van der Waals surface area contributed by atoms with E-state index in [4.69, 9.17) is 9.47 Å². The highest BCUT2D eigenvalue weighted by Gasteiger charge is 2.34. The molecule has 172 valence electrons. The lowest BCUT2D eigenvalue weighted by Crippen LogP contribution is -2.46. The molecule has 0 bridgehead atoms. The van der Waals surface area contributed by atoms with Gasteiger partial charge in [0.25, 0.3) is 0 Å². The summed E-state index contributed by atoms with van der Waals surface area (Å²) in [5.74, 6) is -0.649. The van der Waals surface area contributed by atoms with Crippen LogP contribution in [0, 0.1) is 0 Å². The third kappa shape index (κ3) is 4.25. The molecule has 8 nitrogen and oxygen atoms in total. The molecule has 3 heterocycles. The molecule has 3 aliphatic rings. The zero-order valence-corrected chi connectivity index (χ0v) is 19.2. The number of hydrogen-bond acceptors (Lipinski definition) is 9. The van der Waals surface area contributed by atoms with Crippen molar-refractivity contribution in [3.63, 3.8) is 0 Å². The number of hydrogen-bond donors (Lipinski definition) is 0. The van der Waals surface area contributed by atoms with Crippen LogP contribution < -0.4 is 4.74 Å². The monoisotopic (exact) mass is 459 g/mol. The third-order valence-corrected chi connectivity index (χ3v) is 8.20. The van der Waals surface area contributed by atoms with E-state index in [1.807, 2.05) is 0 Å². The molecule has 5 rings (SSSR count). The van der Waals surface area contributed by atoms with E-state index in [0.29, 0.717) is 11.9 Å². The molecule has 0 N–H and O–H groups in total. The van der Waals surface area contributed by atoms with Gasteiger partial charge in [-0.25, -0.2) is 14.8 Å². The minimum Gasteiger partial charge on any atom is -0.474 e. The van der Waals surface area contributed by atoms with Crippen LogP contribution in [0.25, 0.3) is 10.2 Å². The average molecular weight is 460 g/mol. The number of carbonyl (C=O) groups excluding carboxylic acids is 2. The predicted molar refractivity (Wildman–Crippen MR) is 119 cm³/mol. The number of Topliss-reactive ketones (excluding diaryl/α,β-unsaturated/α-hetero) is 1. The first-order valence-corrected chi connectivity index (χ1v) is 12.3. The van der Waals surface area contributed by atoms with E-state index in [0.717, 1.165) is 80.6 Å². The number of carbonyl (C=O) groups is 2. The fraction of sp³-hybridized carbons (Fsp3) is 0.652. The number of aromatic nitrogens is 2. The maximum absolute atomic E-state index is 12.2. The summed E-state index contributed by atoms with van der Waals surface area (Å²) >= 11 is 1.65. The normalized spacial score (nSPS) is 26.1. The molecule has 1 saturated carbocycles. The topological polar surface area (TPSA) is 90.9 Å². The molecule has 1 saturated heterocycles. The number of ketones is 1. The quantitative estimate of drug-likeness (QED) is 0.481. The van der Waals surface area contributed by atoms with E-state index in [-0.39, 0.29) is 18.4 Å². The molecule has 2 aliphatic carbocycles. The Kier molecular flexibility index (Phi) is 6.39. The Morgan fingerprint density at radius 3 is 2.69 bits per heavy atom. The van der Waals surface area contributed by atoms with Crippen molar-refractivity contribution in [3.05, 3.63) is 16.8 Å². The molecule has 0 spiro atoms. The van der Waals surface area contributed by atoms with Gasteiger partial charge in [-0.05, 0) is 50.0 Å². The lowest BCUT2D eigenvalue weighted by atomic mass is 9.91. The first-order chi connectivity index (χ1) is 15.6. The van der Waals surface area contributed by atoms with Gasteiger partial charge in [0.05, 0.1) is 25.7 Å². The van der Waals surface area contributed by atoms with E-state index >= 15 is 0 Å². The number of rotatable bonds is 6. The summed E-state index contributed by atoms with van der Waals surface area (Å²) in [4.78, 5) is 37.5. The van der Waals surface area contributed by atoms with Crippen molar-refractivity contribution in [1.82, 2.24) is 14.9 Å². The number of fused-ring (bicyclic) bond motifs is 3. The van der Waals surface area contributed by atoms with Crippen molar-refractivity contribution in [1.29, 1.82) is 0 Å². The van der Waals surface area contributed by atoms with Gasteiger partial charge in [-0.2, -0.15) is 0 Å². The minimum absolute atomic E-state index is 0.0178. The number of thiophene rings is 1. The SMILES string of the molecule is COC(=O)C(=O)C[C@H]1CCc2sc3ncnc(OC4CCC(N5CCOCC5)CC4)c3c21. The highest BCUT2D eigenvalue weighted by Crippen LogP contribution is 2.47. The van der Waals surface area contributed by atoms with Crippen molar-refractivity contribution in [2.75, 3.05) is 33.4 Å². The molecule has 0 unspecified atom stereocenters. The lowest BCUT2D eigenvalue weighted by Gasteiger charge is -2.38. The Morgan fingerprint density at radius 1 is 1.16 bits per heavy atom. The van der Waals surface area contributed by atoms with E-state index in [1.54, 1.807) is 17.7 Å². The highest BCUT2D eigenvalue weighted by atomic mass is 32.1. The molecule has 1 aliphatic heterocycles. The molecule has 0 aromatic carbocycles. The van der Waals surface area contributed by atoms with Crippen LogP contribution in [-0.2, 0) is 25.5 Å². The molecule has 9 heteroatoms. The van der Waals surface area contributed by atoms with Crippen molar-refractivity contribution in [2.24, 2.45) is 0 Å². The average Bonchev–Trinajstić information content (AvgIpc) is 3.39. The fourth-order valence-electron chi connectivity index (χ4n) is 5.38. The Bertz CT molecular complexity index is 995. The number of ether oxygens (including phenoxy) is 3. The third-order valence-electron chi connectivity index (χ3n) is 7.02. The Labute approximate surface area is 191 Å². The highest BCUT2D eigenvalue weighted by molar-refractivity contribution is 7.19. The van der Waals surface area contributed by atoms with Gasteiger partial charge in [0.15, 0.2) is 0 Å². The number of nitrogens with zero attached hydrogens (tertiary/aromatic N) is 3. The largest absolute Gasteiger partial charge is 0.474 e. The maximum Gasteiger partial charge on any atom is 0.374 e. The smallest absolute Gasteiger partial charge is 0.374 e. The predicted octanol–water partition coefficient (Wildman–Crippen LogP) is 2.88. The summed E-state index contributed by atoms with van der Waals surface area (Å²) in [6.45, 7) is 3.71. The second-order valence-electron chi connectivity index (χ2n) is 8.85. The molecule has 2 aromatic heterocycles. The molecule has 0 radical (unpaired) electrons. The van der Waals surface area contributed by atoms with Gasteiger partial charge < -0.3 is 14.2 Å². The molecule has 32 heavy (non-hydrogen) atoms. The van der Waals surface area contributed by atoms with Crippen LogP contribution in [0.15, 0.2) is 6.33 Å². The van der Waals surface area contributed by atoms with Gasteiger partial charge >= 0.3 is 5.97 Å². The van der Waals surface area contributed by atoms with Gasteiger partial charge in [0.2, 0.25) is 11.7 Å². The standard InChI is InChI=1S/C23H29N3O5S/c1-29-23(28)17(27)12-14-2-7-18-19(14)20-21(24-13-25-22(20)32-18)31-16-5-3-15(4-6-16)26-8-10-30-11-9-26/h13-16H,2-12H2,1H3/t14-,15?,16?/m1/s1. The van der Waals surface area contributed by atoms with Crippen molar-refractivity contribution >= 4 is 33.3 Å². The first-order valence-electron chi connectivity index (χ1n) is 11.5. The van der Waals surface area contributed by atoms with Gasteiger partial charge in [0.1, 0.15) is 17.3 Å². The molecular formula is C23H29N3O5S. The lowest BCUT2D eigenvalue weighted by molar-refractivity contribution is -0.151. The summed E-state index contributed by atoms with van der Waals surface area (Å²) in [5, 5.41) is 0.933. The van der Waals surface area contributed by atoms with Crippen molar-refractivity contribution in [2.45, 2.75) is 63.0 Å². The van der Waals surface area contributed by atoms with Crippen LogP contribution in [0.3, 0.4) is 0 Å². The Balaban J connectivity index is 1.31. The van der Waals surface area contributed by atoms with Crippen LogP contribution in [0.2, 0.25) is 0 Å². The maximum atomic E-state index is 12.2. The van der Waals surface area contributed by atoms with Crippen LogP contribution in [-0.4, -0.2) is 72.2 Å². The number of morpholine rings is 1. The summed E-state index contributed by atoms with van der Waals surface area (Å²) in [6, 6.07) is 0.614. The zero-order valence-electron chi connectivity index (χ0n) is 18.4. The van der Waals surface area contributed by atoms with Crippen LogP contribution in [0.4, 0.5) is 0 Å². The van der Waals surface area contributed by atoms with Gasteiger partial charge in [-0.15, -0.1) is 11.3 Å². The summed E-state index contributed by atoms with van der Waals surface area (Å²) in [7, 11) is 1.24. The second-order valence-corrected chi connectivity index (χ2v) is 9.93. The van der Waals surface area contributed by atoms with Crippen LogP contribution in [0.5, 0.6) is 5.88 Å². The molecule has 0 amide bonds. The Hall–Kier alpha value is -2.10. The summed E-state index contributed by atoms with van der Waals surface area (Å²) in [5.41, 5.74) is 1.10. The molecule has 2 fully saturated rings. The number of methoxy groups -OCH3 is 1. The van der Waals surface area contributed by atoms with Crippen LogP contribution in [0.1, 0.15) is 54.9 Å². The number of esters is 1. The first kappa shape index (κ1) is 21.7. The molecular weight excluding hydrogens is 430 g/mol. The van der Waals surface area contributed by atoms with Crippen molar-refractivity contribution < 1.29 is 23.8 Å². The number of aryl methyl sites for hydroxylation is 1. The van der Waals surface area contributed by atoms with Crippen molar-refractivity contribution in [3.8, 4) is 5.88 Å². The zero-order chi connectivity index (χ0) is 22.1. The minimum atomic E-state index is -0.775.